The first-order chi connectivity index (χ1) is 20.6. The number of carbonyl (C=O) groups is 1. The summed E-state index contributed by atoms with van der Waals surface area (Å²) in [6.45, 7) is 2.76. The van der Waals surface area contributed by atoms with E-state index in [9.17, 15) is 31.9 Å². The normalized spacial score (nSPS) is 14.9. The average Bonchev–Trinajstić information content (AvgIpc) is 2.99. The molecule has 0 fully saturated rings. The van der Waals surface area contributed by atoms with E-state index in [1.165, 1.54) is 14.2 Å². The minimum absolute atomic E-state index is 0.152. The van der Waals surface area contributed by atoms with Crippen molar-refractivity contribution in [3.8, 4) is 0 Å². The van der Waals surface area contributed by atoms with Crippen molar-refractivity contribution in [2.24, 2.45) is 22.1 Å². The van der Waals surface area contributed by atoms with Gasteiger partial charge in [0.2, 0.25) is 5.82 Å². The van der Waals surface area contributed by atoms with Gasteiger partial charge in [0.05, 0.1) is 23.6 Å². The summed E-state index contributed by atoms with van der Waals surface area (Å²) in [6.07, 6.45) is 18.3. The minimum atomic E-state index is -2.28. The number of carbonyl (C=O) groups excluding carboxylic acids is 1. The SMILES string of the molecule is CC/C=C\CC(O)/C=C/C(/C=N/OC)C(C/C=C\C/C=C\CCC(=O)OCc1c(F)c(F)c(F)c(F)c1F)/C(C)=N/OC. The molecule has 1 aromatic carbocycles. The van der Waals surface area contributed by atoms with Gasteiger partial charge >= 0.3 is 5.97 Å². The number of rotatable bonds is 19. The number of oxime groups is 2. The highest BCUT2D eigenvalue weighted by molar-refractivity contribution is 5.87. The molecule has 0 amide bonds. The first-order valence-electron chi connectivity index (χ1n) is 13.7. The zero-order chi connectivity index (χ0) is 32.2. The predicted octanol–water partition coefficient (Wildman–Crippen LogP) is 7.26. The Morgan fingerprint density at radius 1 is 0.860 bits per heavy atom. The molecule has 1 rings (SSSR count). The molecule has 0 saturated heterocycles. The van der Waals surface area contributed by atoms with Crippen LogP contribution >= 0.6 is 0 Å². The minimum Gasteiger partial charge on any atom is -0.461 e. The van der Waals surface area contributed by atoms with E-state index in [0.717, 1.165) is 6.42 Å². The Hall–Kier alpha value is -3.80. The van der Waals surface area contributed by atoms with Crippen LogP contribution in [0.5, 0.6) is 0 Å². The second-order valence-corrected chi connectivity index (χ2v) is 9.27. The van der Waals surface area contributed by atoms with Gasteiger partial charge in [0.1, 0.15) is 20.8 Å². The molecule has 0 aliphatic heterocycles. The molecule has 0 aliphatic carbocycles. The van der Waals surface area contributed by atoms with Gasteiger partial charge in [-0.25, -0.2) is 22.0 Å². The number of aliphatic hydroxyl groups is 1. The fourth-order valence-corrected chi connectivity index (χ4v) is 3.81. The number of esters is 1. The second kappa shape index (κ2) is 21.0. The maximum atomic E-state index is 13.7. The summed E-state index contributed by atoms with van der Waals surface area (Å²) in [5.41, 5.74) is -0.495. The highest BCUT2D eigenvalue weighted by Crippen LogP contribution is 2.24. The maximum absolute atomic E-state index is 13.7. The van der Waals surface area contributed by atoms with Crippen LogP contribution in [0.1, 0.15) is 57.9 Å². The molecule has 12 heteroatoms. The Morgan fingerprint density at radius 3 is 2.12 bits per heavy atom. The third kappa shape index (κ3) is 13.4. The maximum Gasteiger partial charge on any atom is 0.306 e. The van der Waals surface area contributed by atoms with Crippen LogP contribution in [0.3, 0.4) is 0 Å². The predicted molar refractivity (Wildman–Crippen MR) is 155 cm³/mol. The van der Waals surface area contributed by atoms with E-state index in [0.29, 0.717) is 25.0 Å². The molecule has 3 unspecified atom stereocenters. The fraction of sp³-hybridized carbons (Fsp3) is 0.452. The van der Waals surface area contributed by atoms with Crippen molar-refractivity contribution in [1.82, 2.24) is 0 Å². The van der Waals surface area contributed by atoms with Crippen molar-refractivity contribution >= 4 is 17.9 Å². The molecule has 0 spiro atoms. The van der Waals surface area contributed by atoms with Crippen LogP contribution in [0.25, 0.3) is 0 Å². The van der Waals surface area contributed by atoms with Gasteiger partial charge in [0.25, 0.3) is 0 Å². The summed E-state index contributed by atoms with van der Waals surface area (Å²) in [4.78, 5) is 21.7. The Bertz CT molecular complexity index is 1170. The van der Waals surface area contributed by atoms with Crippen molar-refractivity contribution in [3.63, 3.8) is 0 Å². The third-order valence-corrected chi connectivity index (χ3v) is 6.10. The Morgan fingerprint density at radius 2 is 1.49 bits per heavy atom. The summed E-state index contributed by atoms with van der Waals surface area (Å²) >= 11 is 0. The molecule has 43 heavy (non-hydrogen) atoms. The molecule has 0 aliphatic rings. The molecule has 3 atom stereocenters. The smallest absolute Gasteiger partial charge is 0.306 e. The highest BCUT2D eigenvalue weighted by atomic mass is 19.2. The average molecular weight is 615 g/mol. The number of hydrogen-bond acceptors (Lipinski definition) is 7. The molecule has 0 aromatic heterocycles. The van der Waals surface area contributed by atoms with Crippen molar-refractivity contribution in [2.45, 2.75) is 65.1 Å². The number of hydrogen-bond donors (Lipinski definition) is 1. The summed E-state index contributed by atoms with van der Waals surface area (Å²) in [7, 11) is 2.89. The van der Waals surface area contributed by atoms with E-state index in [4.69, 9.17) is 9.68 Å². The molecule has 0 radical (unpaired) electrons. The van der Waals surface area contributed by atoms with E-state index in [1.54, 1.807) is 24.4 Å². The number of allylic oxidation sites excluding steroid dienone is 6. The first kappa shape index (κ1) is 37.2. The van der Waals surface area contributed by atoms with Crippen LogP contribution in [0.2, 0.25) is 0 Å². The van der Waals surface area contributed by atoms with Crippen LogP contribution < -0.4 is 0 Å². The van der Waals surface area contributed by atoms with Gasteiger partial charge in [-0.15, -0.1) is 0 Å². The zero-order valence-electron chi connectivity index (χ0n) is 24.7. The number of ether oxygens (including phenoxy) is 1. The Balaban J connectivity index is 2.69. The number of nitrogens with zero attached hydrogens (tertiary/aromatic N) is 2. The fourth-order valence-electron chi connectivity index (χ4n) is 3.81. The van der Waals surface area contributed by atoms with Crippen LogP contribution in [0.4, 0.5) is 22.0 Å². The third-order valence-electron chi connectivity index (χ3n) is 6.10. The van der Waals surface area contributed by atoms with Crippen LogP contribution in [-0.4, -0.2) is 43.3 Å². The second-order valence-electron chi connectivity index (χ2n) is 9.27. The topological polar surface area (TPSA) is 89.7 Å². The lowest BCUT2D eigenvalue weighted by Crippen LogP contribution is -2.22. The number of halogens is 5. The van der Waals surface area contributed by atoms with Crippen molar-refractivity contribution in [3.05, 3.63) is 83.3 Å². The van der Waals surface area contributed by atoms with E-state index < -0.39 is 53.3 Å². The standard InChI is InChI=1S/C31H39F5N2O5/c1-5-6-11-14-23(39)18-17-22(19-37-41-3)24(21(2)38-42-4)15-12-9-7-8-10-13-16-26(40)43-20-25-27(32)29(34)31(36)30(35)28(25)33/h6,8-12,17-19,22-24,39H,5,7,13-16,20H2,1-4H3/b10-8-,11-6-,12-9-,18-17+,37-19+,38-21+. The molecule has 0 heterocycles. The molecule has 1 N–H and O–H groups in total. The molecule has 1 aromatic rings. The summed E-state index contributed by atoms with van der Waals surface area (Å²) in [5, 5.41) is 18.2. The van der Waals surface area contributed by atoms with Gasteiger partial charge in [-0.3, -0.25) is 4.79 Å². The first-order valence-corrected chi connectivity index (χ1v) is 13.7. The largest absolute Gasteiger partial charge is 0.461 e. The van der Waals surface area contributed by atoms with Gasteiger partial charge in [0, 0.05) is 18.3 Å². The van der Waals surface area contributed by atoms with E-state index >= 15 is 0 Å². The molecule has 238 valence electrons. The van der Waals surface area contributed by atoms with Crippen molar-refractivity contribution < 1.29 is 46.3 Å². The lowest BCUT2D eigenvalue weighted by molar-refractivity contribution is -0.145. The number of benzene rings is 1. The number of aliphatic hydroxyl groups excluding tert-OH is 1. The van der Waals surface area contributed by atoms with Crippen LogP contribution in [0, 0.1) is 40.9 Å². The zero-order valence-corrected chi connectivity index (χ0v) is 24.7. The molecule has 0 bridgehead atoms. The van der Waals surface area contributed by atoms with E-state index in [-0.39, 0.29) is 24.7 Å². The van der Waals surface area contributed by atoms with Gasteiger partial charge < -0.3 is 19.5 Å². The van der Waals surface area contributed by atoms with Crippen LogP contribution in [-0.2, 0) is 25.8 Å². The summed E-state index contributed by atoms with van der Waals surface area (Å²) in [6, 6.07) is 0. The lowest BCUT2D eigenvalue weighted by atomic mass is 9.85. The van der Waals surface area contributed by atoms with Crippen molar-refractivity contribution in [1.29, 1.82) is 0 Å². The van der Waals surface area contributed by atoms with Gasteiger partial charge in [-0.2, -0.15) is 0 Å². The monoisotopic (exact) mass is 614 g/mol. The van der Waals surface area contributed by atoms with Gasteiger partial charge in [-0.1, -0.05) is 65.8 Å². The van der Waals surface area contributed by atoms with Gasteiger partial charge in [-0.05, 0) is 39.0 Å². The quantitative estimate of drug-likeness (QED) is 0.0337. The van der Waals surface area contributed by atoms with Crippen molar-refractivity contribution in [2.75, 3.05) is 14.2 Å². The lowest BCUT2D eigenvalue weighted by Gasteiger charge is -2.20. The summed E-state index contributed by atoms with van der Waals surface area (Å²) in [5.74, 6) is -11.8. The van der Waals surface area contributed by atoms with E-state index in [2.05, 4.69) is 15.0 Å². The van der Waals surface area contributed by atoms with Gasteiger partial charge in [0.15, 0.2) is 23.3 Å². The Labute approximate surface area is 249 Å². The molecular formula is C31H39F5N2O5. The van der Waals surface area contributed by atoms with Crippen LogP contribution in [0.15, 0.2) is 58.9 Å². The summed E-state index contributed by atoms with van der Waals surface area (Å²) < 4.78 is 71.7. The Kier molecular flexibility index (Phi) is 18.2. The molecular weight excluding hydrogens is 575 g/mol. The molecule has 7 nitrogen and oxygen atoms in total. The van der Waals surface area contributed by atoms with E-state index in [1.807, 2.05) is 44.2 Å². The molecule has 0 saturated carbocycles. The highest BCUT2D eigenvalue weighted by Gasteiger charge is 2.26.